The van der Waals surface area contributed by atoms with Gasteiger partial charge in [-0.1, -0.05) is 0 Å². The maximum absolute atomic E-state index is 12.8. The van der Waals surface area contributed by atoms with Gasteiger partial charge in [0, 0.05) is 44.5 Å². The first kappa shape index (κ1) is 21.8. The van der Waals surface area contributed by atoms with Crippen molar-refractivity contribution >= 4 is 17.4 Å². The Balaban J connectivity index is 1.20. The fourth-order valence-electron chi connectivity index (χ4n) is 4.09. The molecule has 0 bridgehead atoms. The van der Waals surface area contributed by atoms with E-state index in [9.17, 15) is 9.59 Å². The van der Waals surface area contributed by atoms with Crippen molar-refractivity contribution in [2.45, 2.75) is 38.4 Å². The van der Waals surface area contributed by atoms with E-state index in [1.165, 1.54) is 0 Å². The molecule has 10 heteroatoms. The van der Waals surface area contributed by atoms with Crippen LogP contribution in [0.25, 0.3) is 0 Å². The number of amides is 1. The number of pyridine rings is 1. The average Bonchev–Trinajstić information content (AvgIpc) is 3.27. The highest BCUT2D eigenvalue weighted by atomic mass is 16.5. The monoisotopic (exact) mass is 437 g/mol. The molecule has 0 saturated carbocycles. The standard InChI is InChI=1S/C22H27N7O3/c1-15-19(14-26-27-22(15)31)24-13-18-4-3-17(32-18)10-21(30)29-8-6-28(7-9-29)20-5-2-16(11-23)12-25-20/h2,5,12,14,17-18H,3-4,6-10,13H2,1H3,(H2,24,27,31)/t17-,18+/m1/s1. The van der Waals surface area contributed by atoms with Crippen molar-refractivity contribution in [2.75, 3.05) is 42.9 Å². The fraction of sp³-hybridized carbons (Fsp3) is 0.500. The number of hydrogen-bond acceptors (Lipinski definition) is 8. The van der Waals surface area contributed by atoms with Crippen molar-refractivity contribution in [3.8, 4) is 6.07 Å². The van der Waals surface area contributed by atoms with E-state index < -0.39 is 0 Å². The highest BCUT2D eigenvalue weighted by Gasteiger charge is 2.30. The molecule has 4 rings (SSSR count). The Morgan fingerprint density at radius 3 is 2.75 bits per heavy atom. The van der Waals surface area contributed by atoms with E-state index in [2.05, 4.69) is 31.5 Å². The summed E-state index contributed by atoms with van der Waals surface area (Å²) in [6.45, 7) is 5.04. The highest BCUT2D eigenvalue weighted by molar-refractivity contribution is 5.77. The molecule has 0 unspecified atom stereocenters. The molecule has 0 aromatic carbocycles. The molecule has 0 spiro atoms. The van der Waals surface area contributed by atoms with Crippen molar-refractivity contribution in [1.29, 1.82) is 5.26 Å². The number of anilines is 2. The number of carbonyl (C=O) groups is 1. The second-order valence-electron chi connectivity index (χ2n) is 8.16. The number of rotatable bonds is 6. The topological polar surface area (TPSA) is 127 Å². The summed E-state index contributed by atoms with van der Waals surface area (Å²) in [6.07, 6.45) is 5.20. The molecule has 10 nitrogen and oxygen atoms in total. The third-order valence-electron chi connectivity index (χ3n) is 6.06. The van der Waals surface area contributed by atoms with E-state index in [4.69, 9.17) is 10.00 Å². The van der Waals surface area contributed by atoms with Crippen LogP contribution in [0.2, 0.25) is 0 Å². The van der Waals surface area contributed by atoms with Crippen LogP contribution in [0, 0.1) is 18.3 Å². The van der Waals surface area contributed by atoms with Crippen LogP contribution in [-0.2, 0) is 9.53 Å². The van der Waals surface area contributed by atoms with Crippen LogP contribution in [-0.4, -0.2) is 70.9 Å². The van der Waals surface area contributed by atoms with Gasteiger partial charge in [0.05, 0.1) is 36.1 Å². The van der Waals surface area contributed by atoms with Gasteiger partial charge >= 0.3 is 0 Å². The zero-order chi connectivity index (χ0) is 22.5. The molecule has 4 heterocycles. The lowest BCUT2D eigenvalue weighted by Gasteiger charge is -2.35. The first-order chi connectivity index (χ1) is 15.5. The van der Waals surface area contributed by atoms with E-state index >= 15 is 0 Å². The number of nitrogens with one attached hydrogen (secondary N) is 2. The molecule has 2 aliphatic heterocycles. The van der Waals surface area contributed by atoms with Gasteiger partial charge in [-0.25, -0.2) is 10.1 Å². The zero-order valence-corrected chi connectivity index (χ0v) is 18.1. The van der Waals surface area contributed by atoms with Crippen LogP contribution in [0.3, 0.4) is 0 Å². The second kappa shape index (κ2) is 9.78. The predicted molar refractivity (Wildman–Crippen MR) is 118 cm³/mol. The maximum Gasteiger partial charge on any atom is 0.269 e. The van der Waals surface area contributed by atoms with Crippen LogP contribution < -0.4 is 15.8 Å². The average molecular weight is 438 g/mol. The lowest BCUT2D eigenvalue weighted by molar-refractivity contribution is -0.134. The maximum atomic E-state index is 12.8. The first-order valence-electron chi connectivity index (χ1n) is 10.9. The van der Waals surface area contributed by atoms with Crippen molar-refractivity contribution in [3.63, 3.8) is 0 Å². The molecule has 2 aromatic rings. The molecular weight excluding hydrogens is 410 g/mol. The lowest BCUT2D eigenvalue weighted by atomic mass is 10.1. The van der Waals surface area contributed by atoms with Gasteiger partial charge in [0.15, 0.2) is 0 Å². The highest BCUT2D eigenvalue weighted by Crippen LogP contribution is 2.24. The van der Waals surface area contributed by atoms with Gasteiger partial charge in [-0.3, -0.25) is 9.59 Å². The minimum atomic E-state index is -0.208. The molecule has 2 atom stereocenters. The smallest absolute Gasteiger partial charge is 0.269 e. The van der Waals surface area contributed by atoms with E-state index in [0.29, 0.717) is 56.0 Å². The van der Waals surface area contributed by atoms with Gasteiger partial charge in [-0.2, -0.15) is 10.4 Å². The number of nitriles is 1. The van der Waals surface area contributed by atoms with Crippen LogP contribution in [0.5, 0.6) is 0 Å². The third-order valence-corrected chi connectivity index (χ3v) is 6.06. The summed E-state index contributed by atoms with van der Waals surface area (Å²) >= 11 is 0. The van der Waals surface area contributed by atoms with Gasteiger partial charge < -0.3 is 19.9 Å². The van der Waals surface area contributed by atoms with Gasteiger partial charge in [-0.05, 0) is 31.9 Å². The van der Waals surface area contributed by atoms with Crippen molar-refractivity contribution < 1.29 is 9.53 Å². The third kappa shape index (κ3) is 5.06. The fourth-order valence-corrected chi connectivity index (χ4v) is 4.09. The molecule has 168 valence electrons. The molecule has 0 radical (unpaired) electrons. The second-order valence-corrected chi connectivity index (χ2v) is 8.16. The van der Waals surface area contributed by atoms with Gasteiger partial charge in [0.2, 0.25) is 5.91 Å². The van der Waals surface area contributed by atoms with Gasteiger partial charge in [-0.15, -0.1) is 0 Å². The molecule has 2 aromatic heterocycles. The summed E-state index contributed by atoms with van der Waals surface area (Å²) < 4.78 is 6.06. The summed E-state index contributed by atoms with van der Waals surface area (Å²) in [5.41, 5.74) is 1.63. The normalized spacial score (nSPS) is 20.8. The van der Waals surface area contributed by atoms with Crippen molar-refractivity contribution in [2.24, 2.45) is 0 Å². The minimum Gasteiger partial charge on any atom is -0.381 e. The summed E-state index contributed by atoms with van der Waals surface area (Å²) in [5, 5.41) is 18.3. The molecule has 32 heavy (non-hydrogen) atoms. The number of ether oxygens (including phenoxy) is 1. The molecule has 0 aliphatic carbocycles. The van der Waals surface area contributed by atoms with E-state index in [1.807, 2.05) is 11.0 Å². The number of H-pyrrole nitrogens is 1. The van der Waals surface area contributed by atoms with E-state index in [-0.39, 0.29) is 23.7 Å². The number of carbonyl (C=O) groups excluding carboxylic acids is 1. The first-order valence-corrected chi connectivity index (χ1v) is 10.9. The summed E-state index contributed by atoms with van der Waals surface area (Å²) in [6, 6.07) is 5.68. The van der Waals surface area contributed by atoms with E-state index in [0.717, 1.165) is 18.7 Å². The van der Waals surface area contributed by atoms with Crippen LogP contribution >= 0.6 is 0 Å². The van der Waals surface area contributed by atoms with Crippen molar-refractivity contribution in [3.05, 3.63) is 46.0 Å². The van der Waals surface area contributed by atoms with Crippen LogP contribution in [0.4, 0.5) is 11.5 Å². The predicted octanol–water partition coefficient (Wildman–Crippen LogP) is 1.04. The molecule has 1 amide bonds. The van der Waals surface area contributed by atoms with Crippen LogP contribution in [0.1, 0.15) is 30.4 Å². The Morgan fingerprint density at radius 1 is 1.25 bits per heavy atom. The Morgan fingerprint density at radius 2 is 2.03 bits per heavy atom. The minimum absolute atomic E-state index is 0.00536. The molecule has 2 fully saturated rings. The quantitative estimate of drug-likeness (QED) is 0.686. The Hall–Kier alpha value is -3.45. The SMILES string of the molecule is Cc1c(NC[C@@H]2CC[C@H](CC(=O)N3CCN(c4ccc(C#N)cn4)CC3)O2)cn[nH]c1=O. The van der Waals surface area contributed by atoms with Gasteiger partial charge in [0.25, 0.3) is 5.56 Å². The summed E-state index contributed by atoms with van der Waals surface area (Å²) in [5.74, 6) is 0.946. The lowest BCUT2D eigenvalue weighted by Crippen LogP contribution is -2.49. The molecular formula is C22H27N7O3. The number of aromatic nitrogens is 3. The number of aromatic amines is 1. The zero-order valence-electron chi connectivity index (χ0n) is 18.1. The Labute approximate surface area is 186 Å². The summed E-state index contributed by atoms with van der Waals surface area (Å²) in [7, 11) is 0. The Kier molecular flexibility index (Phi) is 6.66. The van der Waals surface area contributed by atoms with Gasteiger partial charge in [0.1, 0.15) is 11.9 Å². The van der Waals surface area contributed by atoms with Crippen molar-refractivity contribution in [1.82, 2.24) is 20.1 Å². The number of hydrogen-bond donors (Lipinski definition) is 2. The molecule has 2 saturated heterocycles. The largest absolute Gasteiger partial charge is 0.381 e. The summed E-state index contributed by atoms with van der Waals surface area (Å²) in [4.78, 5) is 32.8. The Bertz CT molecular complexity index is 1040. The van der Waals surface area contributed by atoms with Crippen LogP contribution in [0.15, 0.2) is 29.3 Å². The molecule has 2 aliphatic rings. The molecule has 2 N–H and O–H groups in total. The number of piperazine rings is 1. The van der Waals surface area contributed by atoms with E-state index in [1.54, 1.807) is 25.4 Å². The number of nitrogens with zero attached hydrogens (tertiary/aromatic N) is 5.